The molecule has 1 aliphatic rings. The van der Waals surface area contributed by atoms with Gasteiger partial charge in [0.15, 0.2) is 0 Å². The van der Waals surface area contributed by atoms with Crippen molar-refractivity contribution in [2.45, 2.75) is 13.0 Å². The van der Waals surface area contributed by atoms with Crippen LogP contribution in [0.5, 0.6) is 0 Å². The van der Waals surface area contributed by atoms with Gasteiger partial charge in [0, 0.05) is 35.6 Å². The number of hydrogen-bond acceptors (Lipinski definition) is 5. The lowest BCUT2D eigenvalue weighted by Gasteiger charge is -2.16. The van der Waals surface area contributed by atoms with Crippen LogP contribution >= 0.6 is 0 Å². The topological polar surface area (TPSA) is 63.6 Å². The van der Waals surface area contributed by atoms with Gasteiger partial charge >= 0.3 is 0 Å². The number of fused-ring (bicyclic) bond motifs is 2. The number of halogens is 1. The summed E-state index contributed by atoms with van der Waals surface area (Å²) in [6, 6.07) is 16.1. The zero-order valence-corrected chi connectivity index (χ0v) is 17.2. The normalized spacial score (nSPS) is 12.3. The number of benzene rings is 1. The van der Waals surface area contributed by atoms with Crippen molar-refractivity contribution in [1.82, 2.24) is 19.9 Å². The molecule has 2 bridgehead atoms. The highest BCUT2D eigenvalue weighted by molar-refractivity contribution is 5.86. The summed E-state index contributed by atoms with van der Waals surface area (Å²) in [6.45, 7) is 0.518. The van der Waals surface area contributed by atoms with Gasteiger partial charge in [0.1, 0.15) is 5.82 Å². The Morgan fingerprint density at radius 1 is 0.906 bits per heavy atom. The van der Waals surface area contributed by atoms with Crippen molar-refractivity contribution in [2.24, 2.45) is 0 Å². The first kappa shape index (κ1) is 19.8. The smallest absolute Gasteiger partial charge is 0.223 e. The molecule has 4 aromatic rings. The second kappa shape index (κ2) is 8.89. The van der Waals surface area contributed by atoms with Gasteiger partial charge in [-0.15, -0.1) is 0 Å². The van der Waals surface area contributed by atoms with Crippen LogP contribution in [0.25, 0.3) is 28.6 Å². The molecular formula is C26H20FN5. The molecule has 156 valence electrons. The number of nitrogens with one attached hydrogen (secondary N) is 1. The summed E-state index contributed by atoms with van der Waals surface area (Å²) >= 11 is 0. The zero-order valence-electron chi connectivity index (χ0n) is 17.2. The molecule has 0 spiro atoms. The van der Waals surface area contributed by atoms with Crippen LogP contribution in [0.15, 0.2) is 85.2 Å². The van der Waals surface area contributed by atoms with Gasteiger partial charge in [-0.1, -0.05) is 30.4 Å². The zero-order chi connectivity index (χ0) is 21.8. The van der Waals surface area contributed by atoms with Gasteiger partial charge in [-0.05, 0) is 54.1 Å². The van der Waals surface area contributed by atoms with Gasteiger partial charge in [-0.25, -0.2) is 14.4 Å². The van der Waals surface area contributed by atoms with Crippen LogP contribution in [0.2, 0.25) is 0 Å². The van der Waals surface area contributed by atoms with Crippen LogP contribution in [-0.4, -0.2) is 19.9 Å². The summed E-state index contributed by atoms with van der Waals surface area (Å²) in [4.78, 5) is 18.4. The highest BCUT2D eigenvalue weighted by Crippen LogP contribution is 2.35. The molecule has 5 rings (SSSR count). The second-order valence-electron chi connectivity index (χ2n) is 7.36. The SMILES string of the molecule is Fc1ccc(-c2nc3cc(c2-c2ccnc(NCc4ccccn4)n2)C=CC=CC3)cc1. The molecule has 0 unspecified atom stereocenters. The third kappa shape index (κ3) is 4.30. The van der Waals surface area contributed by atoms with E-state index in [0.29, 0.717) is 12.5 Å². The van der Waals surface area contributed by atoms with E-state index in [4.69, 9.17) is 9.97 Å². The van der Waals surface area contributed by atoms with Crippen LogP contribution in [-0.2, 0) is 13.0 Å². The maximum Gasteiger partial charge on any atom is 0.223 e. The molecule has 0 amide bonds. The number of allylic oxidation sites excluding steroid dienone is 3. The molecular weight excluding hydrogens is 401 g/mol. The van der Waals surface area contributed by atoms with Crippen LogP contribution in [0, 0.1) is 5.82 Å². The van der Waals surface area contributed by atoms with Gasteiger partial charge in [-0.2, -0.15) is 0 Å². The fourth-order valence-electron chi connectivity index (χ4n) is 3.62. The first-order valence-corrected chi connectivity index (χ1v) is 10.4. The second-order valence-corrected chi connectivity index (χ2v) is 7.36. The Hall–Kier alpha value is -4.19. The molecule has 1 aromatic carbocycles. The minimum atomic E-state index is -0.279. The molecule has 0 aliphatic heterocycles. The Balaban J connectivity index is 1.59. The van der Waals surface area contributed by atoms with Gasteiger partial charge in [0.2, 0.25) is 5.95 Å². The molecule has 1 aliphatic carbocycles. The van der Waals surface area contributed by atoms with E-state index in [0.717, 1.165) is 45.9 Å². The van der Waals surface area contributed by atoms with Crippen LogP contribution in [0.1, 0.15) is 17.0 Å². The third-order valence-corrected chi connectivity index (χ3v) is 5.14. The Labute approximate surface area is 185 Å². The van der Waals surface area contributed by atoms with E-state index in [1.807, 2.05) is 42.5 Å². The quantitative estimate of drug-likeness (QED) is 0.462. The van der Waals surface area contributed by atoms with Crippen molar-refractivity contribution < 1.29 is 4.39 Å². The molecule has 1 N–H and O–H groups in total. The summed E-state index contributed by atoms with van der Waals surface area (Å²) < 4.78 is 13.6. The largest absolute Gasteiger partial charge is 0.349 e. The maximum atomic E-state index is 13.6. The van der Waals surface area contributed by atoms with Crippen molar-refractivity contribution in [1.29, 1.82) is 0 Å². The minimum Gasteiger partial charge on any atom is -0.349 e. The monoisotopic (exact) mass is 421 g/mol. The molecule has 6 heteroatoms. The summed E-state index contributed by atoms with van der Waals surface area (Å²) in [5, 5.41) is 3.24. The Kier molecular flexibility index (Phi) is 5.49. The average Bonchev–Trinajstić information content (AvgIpc) is 2.82. The van der Waals surface area contributed by atoms with E-state index in [9.17, 15) is 4.39 Å². The predicted octanol–water partition coefficient (Wildman–Crippen LogP) is 5.48. The van der Waals surface area contributed by atoms with Crippen molar-refractivity contribution in [3.63, 3.8) is 0 Å². The third-order valence-electron chi connectivity index (χ3n) is 5.14. The first-order valence-electron chi connectivity index (χ1n) is 10.4. The molecule has 32 heavy (non-hydrogen) atoms. The number of nitrogens with zero attached hydrogens (tertiary/aromatic N) is 4. The summed E-state index contributed by atoms with van der Waals surface area (Å²) in [5.74, 6) is 0.225. The standard InChI is InChI=1S/C26H20FN5/c27-20-11-9-18(10-12-20)25-24(19-6-2-1-3-7-21(16-19)31-25)23-13-15-29-26(32-23)30-17-22-8-4-5-14-28-22/h1-6,8-16H,7,17H2,(H,29,30,32). The molecule has 0 fully saturated rings. The molecule has 0 saturated heterocycles. The van der Waals surface area contributed by atoms with E-state index in [2.05, 4.69) is 27.4 Å². The maximum absolute atomic E-state index is 13.6. The molecule has 3 aromatic heterocycles. The lowest BCUT2D eigenvalue weighted by atomic mass is 9.95. The number of aromatic nitrogens is 4. The van der Waals surface area contributed by atoms with Crippen molar-refractivity contribution in [3.05, 3.63) is 108 Å². The number of hydrogen-bond donors (Lipinski definition) is 1. The predicted molar refractivity (Wildman–Crippen MR) is 124 cm³/mol. The van der Waals surface area contributed by atoms with E-state index in [1.165, 1.54) is 12.1 Å². The van der Waals surface area contributed by atoms with Crippen molar-refractivity contribution >= 4 is 12.0 Å². The van der Waals surface area contributed by atoms with Crippen molar-refractivity contribution in [2.75, 3.05) is 5.32 Å². The van der Waals surface area contributed by atoms with E-state index < -0.39 is 0 Å². The molecule has 0 radical (unpaired) electrons. The van der Waals surface area contributed by atoms with Crippen LogP contribution in [0.3, 0.4) is 0 Å². The van der Waals surface area contributed by atoms with E-state index >= 15 is 0 Å². The molecule has 5 nitrogen and oxygen atoms in total. The van der Waals surface area contributed by atoms with Gasteiger partial charge in [0.05, 0.1) is 23.6 Å². The summed E-state index contributed by atoms with van der Waals surface area (Å²) in [5.41, 5.74) is 6.09. The fraction of sp³-hybridized carbons (Fsp3) is 0.0769. The fourth-order valence-corrected chi connectivity index (χ4v) is 3.62. The van der Waals surface area contributed by atoms with Gasteiger partial charge < -0.3 is 5.32 Å². The first-order chi connectivity index (χ1) is 15.8. The highest BCUT2D eigenvalue weighted by atomic mass is 19.1. The summed E-state index contributed by atoms with van der Waals surface area (Å²) in [6.07, 6.45) is 12.4. The molecule has 0 atom stereocenters. The average molecular weight is 421 g/mol. The highest BCUT2D eigenvalue weighted by Gasteiger charge is 2.17. The van der Waals surface area contributed by atoms with Gasteiger partial charge in [-0.3, -0.25) is 9.97 Å². The molecule has 0 saturated carbocycles. The van der Waals surface area contributed by atoms with Crippen molar-refractivity contribution in [3.8, 4) is 22.5 Å². The van der Waals surface area contributed by atoms with Gasteiger partial charge in [0.25, 0.3) is 0 Å². The van der Waals surface area contributed by atoms with Crippen LogP contribution in [0.4, 0.5) is 10.3 Å². The van der Waals surface area contributed by atoms with E-state index in [1.54, 1.807) is 24.5 Å². The number of pyridine rings is 2. The summed E-state index contributed by atoms with van der Waals surface area (Å²) in [7, 11) is 0. The minimum absolute atomic E-state index is 0.279. The Morgan fingerprint density at radius 3 is 2.66 bits per heavy atom. The lowest BCUT2D eigenvalue weighted by Crippen LogP contribution is -2.06. The lowest BCUT2D eigenvalue weighted by molar-refractivity contribution is 0.628. The van der Waals surface area contributed by atoms with Crippen LogP contribution < -0.4 is 5.32 Å². The molecule has 3 heterocycles. The Bertz CT molecular complexity index is 1300. The van der Waals surface area contributed by atoms with E-state index in [-0.39, 0.29) is 5.82 Å². The number of anilines is 1. The number of rotatable bonds is 5. The Morgan fingerprint density at radius 2 is 1.81 bits per heavy atom.